The van der Waals surface area contributed by atoms with E-state index < -0.39 is 5.97 Å². The van der Waals surface area contributed by atoms with Crippen LogP contribution in [-0.4, -0.2) is 32.1 Å². The Kier molecular flexibility index (Phi) is 4.21. The van der Waals surface area contributed by atoms with Gasteiger partial charge in [0.25, 0.3) is 0 Å². The number of carbonyl (C=O) groups excluding carboxylic acids is 2. The molecule has 0 bridgehead atoms. The van der Waals surface area contributed by atoms with Crippen LogP contribution in [0.1, 0.15) is 22.2 Å². The van der Waals surface area contributed by atoms with Gasteiger partial charge >= 0.3 is 5.97 Å². The molecule has 104 valence electrons. The second-order valence-electron chi connectivity index (χ2n) is 4.81. The highest BCUT2D eigenvalue weighted by Crippen LogP contribution is 2.29. The lowest BCUT2D eigenvalue weighted by Crippen LogP contribution is -2.48. The van der Waals surface area contributed by atoms with Crippen molar-refractivity contribution in [3.05, 3.63) is 15.8 Å². The lowest BCUT2D eigenvalue weighted by Gasteiger charge is -2.31. The number of amides is 1. The van der Waals surface area contributed by atoms with Crippen LogP contribution in [-0.2, 0) is 9.53 Å². The van der Waals surface area contributed by atoms with Crippen LogP contribution in [0.25, 0.3) is 0 Å². The summed E-state index contributed by atoms with van der Waals surface area (Å²) in [7, 11) is 1.34. The zero-order valence-corrected chi connectivity index (χ0v) is 12.1. The van der Waals surface area contributed by atoms with Gasteiger partial charge in [-0.05, 0) is 36.9 Å². The van der Waals surface area contributed by atoms with Gasteiger partial charge in [0.05, 0.1) is 12.8 Å². The number of carbonyl (C=O) groups is 2. The van der Waals surface area contributed by atoms with E-state index in [0.29, 0.717) is 16.5 Å². The average molecular weight is 282 g/mol. The first kappa shape index (κ1) is 14.0. The molecule has 0 spiro atoms. The molecular weight excluding hydrogens is 264 g/mol. The Labute approximate surface area is 116 Å². The maximum atomic E-state index is 12.2. The third kappa shape index (κ3) is 2.79. The number of rotatable bonds is 4. The number of nitrogens with one attached hydrogen (secondary N) is 2. The molecule has 2 rings (SSSR count). The summed E-state index contributed by atoms with van der Waals surface area (Å²) in [5.41, 5.74) is 1.47. The highest BCUT2D eigenvalue weighted by molar-refractivity contribution is 7.12. The van der Waals surface area contributed by atoms with Crippen molar-refractivity contribution in [1.29, 1.82) is 0 Å². The topological polar surface area (TPSA) is 67.4 Å². The largest absolute Gasteiger partial charge is 0.465 e. The molecule has 0 aliphatic carbocycles. The normalized spacial score (nSPS) is 16.6. The third-order valence-corrected chi connectivity index (χ3v) is 4.61. The summed E-state index contributed by atoms with van der Waals surface area (Å²) < 4.78 is 4.72. The van der Waals surface area contributed by atoms with Crippen LogP contribution in [0.2, 0.25) is 0 Å². The van der Waals surface area contributed by atoms with Crippen molar-refractivity contribution in [1.82, 2.24) is 5.32 Å². The quantitative estimate of drug-likeness (QED) is 0.824. The SMILES string of the molecule is COC(=O)c1scc(C)c1NC(=O)C(C)C1CNC1. The fourth-order valence-corrected chi connectivity index (χ4v) is 2.88. The Morgan fingerprint density at radius 1 is 1.53 bits per heavy atom. The number of ether oxygens (including phenoxy) is 1. The fraction of sp³-hybridized carbons (Fsp3) is 0.538. The first-order chi connectivity index (χ1) is 9.04. The van der Waals surface area contributed by atoms with Crippen molar-refractivity contribution < 1.29 is 14.3 Å². The summed E-state index contributed by atoms with van der Waals surface area (Å²) in [5, 5.41) is 7.86. The summed E-state index contributed by atoms with van der Waals surface area (Å²) in [6.45, 7) is 5.54. The zero-order valence-electron chi connectivity index (χ0n) is 11.3. The molecule has 1 aromatic heterocycles. The molecule has 1 aliphatic rings. The number of anilines is 1. The van der Waals surface area contributed by atoms with Crippen molar-refractivity contribution in [2.24, 2.45) is 11.8 Å². The van der Waals surface area contributed by atoms with Gasteiger partial charge in [-0.3, -0.25) is 4.79 Å². The lowest BCUT2D eigenvalue weighted by atomic mass is 9.88. The molecule has 2 N–H and O–H groups in total. The number of methoxy groups -OCH3 is 1. The van der Waals surface area contributed by atoms with Gasteiger partial charge in [0.15, 0.2) is 0 Å². The van der Waals surface area contributed by atoms with Crippen LogP contribution in [0.3, 0.4) is 0 Å². The van der Waals surface area contributed by atoms with Crippen LogP contribution in [0.15, 0.2) is 5.38 Å². The molecule has 0 radical (unpaired) electrons. The van der Waals surface area contributed by atoms with Gasteiger partial charge < -0.3 is 15.4 Å². The van der Waals surface area contributed by atoms with E-state index in [9.17, 15) is 9.59 Å². The Morgan fingerprint density at radius 3 is 2.74 bits per heavy atom. The van der Waals surface area contributed by atoms with Gasteiger partial charge in [0, 0.05) is 5.92 Å². The van der Waals surface area contributed by atoms with E-state index in [1.54, 1.807) is 0 Å². The summed E-state index contributed by atoms with van der Waals surface area (Å²) in [5.74, 6) is -0.143. The van der Waals surface area contributed by atoms with E-state index in [-0.39, 0.29) is 11.8 Å². The minimum Gasteiger partial charge on any atom is -0.465 e. The summed E-state index contributed by atoms with van der Waals surface area (Å²) in [6, 6.07) is 0. The smallest absolute Gasteiger partial charge is 0.350 e. The molecule has 2 heterocycles. The van der Waals surface area contributed by atoms with E-state index in [0.717, 1.165) is 18.7 Å². The standard InChI is InChI=1S/C13H18N2O3S/c1-7-6-19-11(13(17)18-3)10(7)15-12(16)8(2)9-4-14-5-9/h6,8-9,14H,4-5H2,1-3H3,(H,15,16). The fourth-order valence-electron chi connectivity index (χ4n) is 1.96. The van der Waals surface area contributed by atoms with E-state index in [1.807, 2.05) is 19.2 Å². The molecule has 1 saturated heterocycles. The second-order valence-corrected chi connectivity index (χ2v) is 5.69. The molecule has 1 aromatic rings. The van der Waals surface area contributed by atoms with Crippen LogP contribution in [0.5, 0.6) is 0 Å². The predicted molar refractivity (Wildman–Crippen MR) is 74.5 cm³/mol. The highest BCUT2D eigenvalue weighted by atomic mass is 32.1. The minimum absolute atomic E-state index is 0.0434. The van der Waals surface area contributed by atoms with Gasteiger partial charge in [-0.1, -0.05) is 6.92 Å². The molecule has 6 heteroatoms. The van der Waals surface area contributed by atoms with Crippen LogP contribution >= 0.6 is 11.3 Å². The molecule has 0 aromatic carbocycles. The molecule has 5 nitrogen and oxygen atoms in total. The Bertz CT molecular complexity index is 494. The molecule has 1 fully saturated rings. The number of aryl methyl sites for hydroxylation is 1. The van der Waals surface area contributed by atoms with Crippen molar-refractivity contribution in [3.8, 4) is 0 Å². The Hall–Kier alpha value is -1.40. The van der Waals surface area contributed by atoms with Gasteiger partial charge in [0.2, 0.25) is 5.91 Å². The number of thiophene rings is 1. The number of hydrogen-bond donors (Lipinski definition) is 2. The summed E-state index contributed by atoms with van der Waals surface area (Å²) >= 11 is 1.29. The average Bonchev–Trinajstić information content (AvgIpc) is 2.68. The molecule has 1 atom stereocenters. The number of hydrogen-bond acceptors (Lipinski definition) is 5. The third-order valence-electron chi connectivity index (χ3n) is 3.53. The Balaban J connectivity index is 2.11. The highest BCUT2D eigenvalue weighted by Gasteiger charge is 2.30. The van der Waals surface area contributed by atoms with E-state index in [4.69, 9.17) is 4.74 Å². The van der Waals surface area contributed by atoms with Gasteiger partial charge in [0.1, 0.15) is 4.88 Å². The molecule has 19 heavy (non-hydrogen) atoms. The molecule has 1 unspecified atom stereocenters. The van der Waals surface area contributed by atoms with Crippen molar-refractivity contribution >= 4 is 28.9 Å². The predicted octanol–water partition coefficient (Wildman–Crippen LogP) is 1.64. The second kappa shape index (κ2) is 5.71. The van der Waals surface area contributed by atoms with Gasteiger partial charge in [-0.25, -0.2) is 4.79 Å². The van der Waals surface area contributed by atoms with Crippen molar-refractivity contribution in [2.75, 3.05) is 25.5 Å². The van der Waals surface area contributed by atoms with E-state index in [1.165, 1.54) is 18.4 Å². The van der Waals surface area contributed by atoms with Gasteiger partial charge in [-0.15, -0.1) is 11.3 Å². The van der Waals surface area contributed by atoms with Crippen molar-refractivity contribution in [2.45, 2.75) is 13.8 Å². The molecular formula is C13H18N2O3S. The van der Waals surface area contributed by atoms with E-state index in [2.05, 4.69) is 10.6 Å². The lowest BCUT2D eigenvalue weighted by molar-refractivity contribution is -0.121. The van der Waals surface area contributed by atoms with Crippen LogP contribution < -0.4 is 10.6 Å². The first-order valence-electron chi connectivity index (χ1n) is 6.22. The zero-order chi connectivity index (χ0) is 14.0. The van der Waals surface area contributed by atoms with Crippen LogP contribution in [0.4, 0.5) is 5.69 Å². The molecule has 0 saturated carbocycles. The summed E-state index contributed by atoms with van der Waals surface area (Å²) in [6.07, 6.45) is 0. The van der Waals surface area contributed by atoms with Crippen molar-refractivity contribution in [3.63, 3.8) is 0 Å². The van der Waals surface area contributed by atoms with E-state index >= 15 is 0 Å². The first-order valence-corrected chi connectivity index (χ1v) is 7.10. The molecule has 1 amide bonds. The Morgan fingerprint density at radius 2 is 2.21 bits per heavy atom. The van der Waals surface area contributed by atoms with Crippen LogP contribution in [0, 0.1) is 18.8 Å². The minimum atomic E-state index is -0.411. The number of esters is 1. The van der Waals surface area contributed by atoms with Gasteiger partial charge in [-0.2, -0.15) is 0 Å². The monoisotopic (exact) mass is 282 g/mol. The maximum absolute atomic E-state index is 12.2. The summed E-state index contributed by atoms with van der Waals surface area (Å²) in [4.78, 5) is 24.3. The molecule has 1 aliphatic heterocycles. The maximum Gasteiger partial charge on any atom is 0.350 e.